The van der Waals surface area contributed by atoms with Crippen molar-refractivity contribution >= 4 is 35.0 Å². The van der Waals surface area contributed by atoms with Crippen molar-refractivity contribution in [2.24, 2.45) is 0 Å². The first kappa shape index (κ1) is 15.0. The zero-order valence-corrected chi connectivity index (χ0v) is 12.9. The summed E-state index contributed by atoms with van der Waals surface area (Å²) in [6.45, 7) is 0.638. The summed E-state index contributed by atoms with van der Waals surface area (Å²) in [7, 11) is 0. The lowest BCUT2D eigenvalue weighted by molar-refractivity contribution is 0.102. The highest BCUT2D eigenvalue weighted by Crippen LogP contribution is 2.16. The Bertz CT molecular complexity index is 947. The fourth-order valence-corrected chi connectivity index (χ4v) is 2.35. The first-order chi connectivity index (χ1) is 11.2. The third-order valence-electron chi connectivity index (χ3n) is 3.24. The molecule has 0 radical (unpaired) electrons. The van der Waals surface area contributed by atoms with Crippen molar-refractivity contribution in [3.8, 4) is 6.07 Å². The van der Waals surface area contributed by atoms with Crippen LogP contribution < -0.4 is 5.32 Å². The summed E-state index contributed by atoms with van der Waals surface area (Å²) >= 11 is 4.92. The number of amides is 1. The van der Waals surface area contributed by atoms with Crippen LogP contribution in [-0.4, -0.2) is 20.7 Å². The van der Waals surface area contributed by atoms with Crippen molar-refractivity contribution in [2.45, 2.75) is 19.4 Å². The van der Waals surface area contributed by atoms with Gasteiger partial charge in [-0.2, -0.15) is 10.4 Å². The first-order valence-corrected chi connectivity index (χ1v) is 7.41. The molecule has 2 N–H and O–H groups in total. The molecular formula is C15H13N5O2S. The van der Waals surface area contributed by atoms with E-state index in [-0.39, 0.29) is 10.7 Å². The highest BCUT2D eigenvalue weighted by molar-refractivity contribution is 7.71. The third-order valence-corrected chi connectivity index (χ3v) is 3.43. The van der Waals surface area contributed by atoms with Crippen LogP contribution in [0.5, 0.6) is 0 Å². The summed E-state index contributed by atoms with van der Waals surface area (Å²) in [5, 5.41) is 15.5. The van der Waals surface area contributed by atoms with E-state index in [1.54, 1.807) is 35.1 Å². The molecule has 0 aliphatic heterocycles. The molecule has 116 valence electrons. The van der Waals surface area contributed by atoms with Gasteiger partial charge in [-0.1, -0.05) is 0 Å². The van der Waals surface area contributed by atoms with Crippen LogP contribution in [0.4, 0.5) is 5.82 Å². The number of aryl methyl sites for hydroxylation is 1. The Hall–Kier alpha value is -2.92. The van der Waals surface area contributed by atoms with Crippen LogP contribution in [0.2, 0.25) is 0 Å². The largest absolute Gasteiger partial charge is 0.429 e. The van der Waals surface area contributed by atoms with Gasteiger partial charge in [0.25, 0.3) is 10.7 Å². The molecule has 0 atom stereocenters. The number of carbonyl (C=O) groups excluding carboxylic acids is 1. The molecule has 2 aromatic heterocycles. The minimum atomic E-state index is -0.281. The monoisotopic (exact) mass is 327 g/mol. The van der Waals surface area contributed by atoms with Gasteiger partial charge in [0.05, 0.1) is 11.6 Å². The predicted octanol–water partition coefficient (Wildman–Crippen LogP) is 3.24. The van der Waals surface area contributed by atoms with Crippen molar-refractivity contribution in [1.82, 2.24) is 14.8 Å². The Balaban J connectivity index is 1.70. The lowest BCUT2D eigenvalue weighted by Gasteiger charge is -2.02. The number of anilines is 1. The van der Waals surface area contributed by atoms with Crippen molar-refractivity contribution in [3.05, 3.63) is 40.9 Å². The SMILES string of the molecule is N#CCCCn1ccc(NC(=O)c2ccc3[nH]c(=S)oc3c2)n1. The van der Waals surface area contributed by atoms with Gasteiger partial charge in [-0.05, 0) is 36.8 Å². The molecule has 1 amide bonds. The first-order valence-electron chi connectivity index (χ1n) is 7.00. The second-order valence-corrected chi connectivity index (χ2v) is 5.28. The number of H-pyrrole nitrogens is 1. The van der Waals surface area contributed by atoms with Crippen molar-refractivity contribution < 1.29 is 9.21 Å². The van der Waals surface area contributed by atoms with Gasteiger partial charge in [-0.25, -0.2) is 0 Å². The van der Waals surface area contributed by atoms with E-state index in [1.165, 1.54) is 0 Å². The van der Waals surface area contributed by atoms with Gasteiger partial charge in [0.2, 0.25) is 0 Å². The van der Waals surface area contributed by atoms with Crippen molar-refractivity contribution in [3.63, 3.8) is 0 Å². The number of nitrogens with zero attached hydrogens (tertiary/aromatic N) is 3. The number of fused-ring (bicyclic) bond motifs is 1. The van der Waals surface area contributed by atoms with Crippen molar-refractivity contribution in [1.29, 1.82) is 5.26 Å². The average Bonchev–Trinajstić information content (AvgIpc) is 3.12. The normalized spacial score (nSPS) is 10.6. The number of aromatic nitrogens is 3. The van der Waals surface area contributed by atoms with E-state index in [0.29, 0.717) is 29.9 Å². The maximum Gasteiger partial charge on any atom is 0.266 e. The summed E-state index contributed by atoms with van der Waals surface area (Å²) in [5.41, 5.74) is 1.73. The molecule has 23 heavy (non-hydrogen) atoms. The zero-order chi connectivity index (χ0) is 16.2. The topological polar surface area (TPSA) is 99.6 Å². The van der Waals surface area contributed by atoms with Gasteiger partial charge in [0.1, 0.15) is 0 Å². The lowest BCUT2D eigenvalue weighted by atomic mass is 10.2. The number of nitriles is 1. The Labute approximate surface area is 136 Å². The number of hydrogen-bond donors (Lipinski definition) is 2. The molecule has 0 saturated carbocycles. The second-order valence-electron chi connectivity index (χ2n) is 4.91. The molecule has 3 rings (SSSR count). The molecule has 0 unspecified atom stereocenters. The van der Waals surface area contributed by atoms with Crippen LogP contribution in [0.25, 0.3) is 11.1 Å². The molecule has 0 saturated heterocycles. The molecule has 7 nitrogen and oxygen atoms in total. The molecule has 8 heteroatoms. The number of oxazole rings is 1. The Morgan fingerprint density at radius 2 is 2.35 bits per heavy atom. The van der Waals surface area contributed by atoms with Crippen LogP contribution in [0.1, 0.15) is 23.2 Å². The average molecular weight is 327 g/mol. The molecule has 3 aromatic rings. The van der Waals surface area contributed by atoms with Crippen LogP contribution in [-0.2, 0) is 6.54 Å². The van der Waals surface area contributed by atoms with Crippen LogP contribution in [0.15, 0.2) is 34.9 Å². The minimum Gasteiger partial charge on any atom is -0.429 e. The number of unbranched alkanes of at least 4 members (excludes halogenated alkanes) is 1. The van der Waals surface area contributed by atoms with E-state index >= 15 is 0 Å². The van der Waals surface area contributed by atoms with Crippen LogP contribution in [0.3, 0.4) is 0 Å². The quantitative estimate of drug-likeness (QED) is 0.553. The van der Waals surface area contributed by atoms with E-state index in [4.69, 9.17) is 21.9 Å². The smallest absolute Gasteiger partial charge is 0.266 e. The van der Waals surface area contributed by atoms with Crippen LogP contribution in [0, 0.1) is 16.2 Å². The third kappa shape index (κ3) is 3.46. The molecule has 0 fully saturated rings. The van der Waals surface area contributed by atoms with Gasteiger partial charge in [0, 0.05) is 30.8 Å². The van der Waals surface area contributed by atoms with Gasteiger partial charge < -0.3 is 14.7 Å². The predicted molar refractivity (Wildman–Crippen MR) is 86.4 cm³/mol. The number of carbonyl (C=O) groups is 1. The Morgan fingerprint density at radius 1 is 1.48 bits per heavy atom. The fourth-order valence-electron chi connectivity index (χ4n) is 2.15. The minimum absolute atomic E-state index is 0.272. The van der Waals surface area contributed by atoms with Gasteiger partial charge in [-0.3, -0.25) is 9.48 Å². The molecule has 0 aliphatic carbocycles. The molecule has 0 bridgehead atoms. The van der Waals surface area contributed by atoms with Gasteiger partial charge in [0.15, 0.2) is 11.4 Å². The highest BCUT2D eigenvalue weighted by Gasteiger charge is 2.10. The van der Waals surface area contributed by atoms with Crippen LogP contribution >= 0.6 is 12.2 Å². The number of hydrogen-bond acceptors (Lipinski definition) is 5. The van der Waals surface area contributed by atoms with E-state index in [1.807, 2.05) is 0 Å². The van der Waals surface area contributed by atoms with Gasteiger partial charge in [-0.15, -0.1) is 0 Å². The summed E-state index contributed by atoms with van der Waals surface area (Å²) in [4.78, 5) is 15.4. The fraction of sp³-hybridized carbons (Fsp3) is 0.200. The highest BCUT2D eigenvalue weighted by atomic mass is 32.1. The van der Waals surface area contributed by atoms with E-state index in [9.17, 15) is 4.79 Å². The number of rotatable bonds is 5. The van der Waals surface area contributed by atoms with Gasteiger partial charge >= 0.3 is 0 Å². The summed E-state index contributed by atoms with van der Waals surface area (Å²) in [5.74, 6) is 0.179. The lowest BCUT2D eigenvalue weighted by Crippen LogP contribution is -2.12. The summed E-state index contributed by atoms with van der Waals surface area (Å²) in [6, 6.07) is 8.85. The molecule has 0 aliphatic rings. The molecule has 1 aromatic carbocycles. The maximum absolute atomic E-state index is 12.3. The van der Waals surface area contributed by atoms with E-state index in [0.717, 1.165) is 11.9 Å². The Kier molecular flexibility index (Phi) is 4.21. The van der Waals surface area contributed by atoms with E-state index in [2.05, 4.69) is 21.5 Å². The Morgan fingerprint density at radius 3 is 3.17 bits per heavy atom. The number of nitrogens with one attached hydrogen (secondary N) is 2. The molecular weight excluding hydrogens is 314 g/mol. The number of benzene rings is 1. The maximum atomic E-state index is 12.3. The summed E-state index contributed by atoms with van der Waals surface area (Å²) in [6.07, 6.45) is 2.97. The summed E-state index contributed by atoms with van der Waals surface area (Å²) < 4.78 is 7.00. The standard InChI is InChI=1S/C15H13N5O2S/c16-6-1-2-7-20-8-5-13(19-20)18-14(21)10-3-4-11-12(9-10)22-15(23)17-11/h3-5,8-9H,1-2,7H2,(H,17,23)(H,18,19,21). The molecule has 2 heterocycles. The zero-order valence-electron chi connectivity index (χ0n) is 12.1. The number of aromatic amines is 1. The van der Waals surface area contributed by atoms with Crippen molar-refractivity contribution in [2.75, 3.05) is 5.32 Å². The molecule has 0 spiro atoms. The van der Waals surface area contributed by atoms with E-state index < -0.39 is 0 Å². The second kappa shape index (κ2) is 6.46.